The van der Waals surface area contributed by atoms with Gasteiger partial charge in [0.25, 0.3) is 0 Å². The van der Waals surface area contributed by atoms with Gasteiger partial charge in [-0.2, -0.15) is 0 Å². The number of para-hydroxylation sites is 1. The topological polar surface area (TPSA) is 53.3 Å². The average Bonchev–Trinajstić information content (AvgIpc) is 2.29. The molecule has 0 atom stereocenters. The van der Waals surface area contributed by atoms with Gasteiger partial charge in [-0.3, -0.25) is 0 Å². The lowest BCUT2D eigenvalue weighted by molar-refractivity contribution is -0.356. The third-order valence-corrected chi connectivity index (χ3v) is 2.59. The Morgan fingerprint density at radius 2 is 2.12 bits per heavy atom. The van der Waals surface area contributed by atoms with Crippen molar-refractivity contribution in [2.45, 2.75) is 13.8 Å². The number of nitrogens with one attached hydrogen (secondary N) is 1. The molecule has 0 bridgehead atoms. The fourth-order valence-electron chi connectivity index (χ4n) is 1.59. The second-order valence-corrected chi connectivity index (χ2v) is 3.64. The molecule has 0 unspecified atom stereocenters. The average molecular weight is 217 g/mol. The van der Waals surface area contributed by atoms with Gasteiger partial charge in [0.1, 0.15) is 16.8 Å². The van der Waals surface area contributed by atoms with Gasteiger partial charge in [0.2, 0.25) is 5.52 Å². The van der Waals surface area contributed by atoms with Crippen molar-refractivity contribution in [1.29, 1.82) is 0 Å². The van der Waals surface area contributed by atoms with Crippen molar-refractivity contribution in [2.75, 3.05) is 7.11 Å². The van der Waals surface area contributed by atoms with Crippen LogP contribution in [0.15, 0.2) is 18.2 Å². The minimum Gasteiger partial charge on any atom is -0.465 e. The lowest BCUT2D eigenvalue weighted by Crippen LogP contribution is -2.16. The number of hydrogen-bond donors (Lipinski definition) is 0. The van der Waals surface area contributed by atoms with E-state index in [0.717, 1.165) is 22.4 Å². The van der Waals surface area contributed by atoms with Crippen molar-refractivity contribution in [3.05, 3.63) is 35.2 Å². The van der Waals surface area contributed by atoms with Gasteiger partial charge in [0, 0.05) is 6.92 Å². The summed E-state index contributed by atoms with van der Waals surface area (Å²) in [5, 5.41) is 0. The first-order valence-corrected chi connectivity index (χ1v) is 5.01. The number of fused-ring (bicyclic) bond motifs is 1. The number of hydrogen-bond acceptors (Lipinski definition) is 3. The molecule has 0 saturated heterocycles. The number of aryl methyl sites for hydroxylation is 2. The third-order valence-electron chi connectivity index (χ3n) is 2.59. The van der Waals surface area contributed by atoms with E-state index in [1.165, 1.54) is 7.11 Å². The van der Waals surface area contributed by atoms with E-state index in [2.05, 4.69) is 9.97 Å². The molecule has 0 amide bonds. The highest BCUT2D eigenvalue weighted by Crippen LogP contribution is 2.14. The van der Waals surface area contributed by atoms with Crippen LogP contribution in [0.5, 0.6) is 0 Å². The number of nitrogens with zero attached hydrogens (tertiary/aromatic N) is 1. The Morgan fingerprint density at radius 1 is 1.38 bits per heavy atom. The summed E-state index contributed by atoms with van der Waals surface area (Å²) in [6.07, 6.45) is 0. The first kappa shape index (κ1) is 10.5. The van der Waals surface area contributed by atoms with Gasteiger partial charge in [-0.1, -0.05) is 6.07 Å². The maximum Gasteiger partial charge on any atom is 0.344 e. The van der Waals surface area contributed by atoms with Gasteiger partial charge in [0.05, 0.1) is 7.11 Å². The maximum atomic E-state index is 11.6. The molecule has 82 valence electrons. The summed E-state index contributed by atoms with van der Waals surface area (Å²) < 4.78 is 4.73. The summed E-state index contributed by atoms with van der Waals surface area (Å²) >= 11 is 0. The highest BCUT2D eigenvalue weighted by Gasteiger charge is 2.17. The van der Waals surface area contributed by atoms with Gasteiger partial charge in [-0.25, -0.2) is 14.8 Å². The second kappa shape index (κ2) is 3.89. The van der Waals surface area contributed by atoms with Crippen LogP contribution in [0.1, 0.15) is 21.7 Å². The van der Waals surface area contributed by atoms with E-state index in [0.29, 0.717) is 5.56 Å². The molecule has 0 radical (unpaired) electrons. The van der Waals surface area contributed by atoms with E-state index in [1.807, 2.05) is 19.9 Å². The number of aromatic nitrogens is 2. The van der Waals surface area contributed by atoms with Gasteiger partial charge >= 0.3 is 5.97 Å². The monoisotopic (exact) mass is 217 g/mol. The molecular formula is C12H13N2O2+. The second-order valence-electron chi connectivity index (χ2n) is 3.64. The molecule has 1 heterocycles. The van der Waals surface area contributed by atoms with Crippen LogP contribution in [-0.2, 0) is 4.74 Å². The quantitative estimate of drug-likeness (QED) is 0.679. The molecule has 0 aliphatic carbocycles. The molecule has 4 heteroatoms. The van der Waals surface area contributed by atoms with E-state index in [4.69, 9.17) is 4.74 Å². The van der Waals surface area contributed by atoms with Crippen LogP contribution in [0.2, 0.25) is 0 Å². The van der Waals surface area contributed by atoms with Crippen molar-refractivity contribution >= 4 is 17.0 Å². The molecule has 4 nitrogen and oxygen atoms in total. The molecule has 0 aliphatic rings. The van der Waals surface area contributed by atoms with Crippen LogP contribution in [0.3, 0.4) is 0 Å². The van der Waals surface area contributed by atoms with Gasteiger partial charge in [-0.15, -0.1) is 0 Å². The summed E-state index contributed by atoms with van der Waals surface area (Å²) in [5.41, 5.74) is 3.87. The van der Waals surface area contributed by atoms with E-state index in [1.54, 1.807) is 12.1 Å². The van der Waals surface area contributed by atoms with Crippen molar-refractivity contribution in [3.8, 4) is 0 Å². The van der Waals surface area contributed by atoms with E-state index < -0.39 is 0 Å². The Bertz CT molecular complexity index is 564. The van der Waals surface area contributed by atoms with Crippen molar-refractivity contribution in [1.82, 2.24) is 4.98 Å². The van der Waals surface area contributed by atoms with Crippen LogP contribution in [-0.4, -0.2) is 18.1 Å². The molecule has 2 aromatic rings. The number of ether oxygens (including phenoxy) is 1. The van der Waals surface area contributed by atoms with Crippen LogP contribution in [0.25, 0.3) is 11.0 Å². The third kappa shape index (κ3) is 1.62. The Hall–Kier alpha value is -1.97. The molecule has 16 heavy (non-hydrogen) atoms. The predicted molar refractivity (Wildman–Crippen MR) is 59.1 cm³/mol. The van der Waals surface area contributed by atoms with Crippen LogP contribution in [0, 0.1) is 13.8 Å². The standard InChI is InChI=1S/C12H12N2O2/c1-7-8(2)14-11-9(12(15)16-3)5-4-6-10(11)13-7/h4-6H,1-3H3/p+1. The Balaban J connectivity index is 2.77. The zero-order valence-corrected chi connectivity index (χ0v) is 9.50. The zero-order chi connectivity index (χ0) is 11.7. The first-order valence-electron chi connectivity index (χ1n) is 5.01. The molecule has 0 spiro atoms. The highest BCUT2D eigenvalue weighted by atomic mass is 16.5. The SMILES string of the molecule is COC(=O)c1cccc2nc(C)c(C)[nH+]c12. The molecule has 0 aliphatic heterocycles. The van der Waals surface area contributed by atoms with E-state index >= 15 is 0 Å². The number of carbonyl (C=O) groups excluding carboxylic acids is 1. The number of aromatic amines is 1. The number of rotatable bonds is 1. The summed E-state index contributed by atoms with van der Waals surface area (Å²) in [7, 11) is 1.37. The van der Waals surface area contributed by atoms with E-state index in [9.17, 15) is 4.79 Å². The molecule has 0 saturated carbocycles. The Kier molecular flexibility index (Phi) is 2.56. The normalized spacial score (nSPS) is 10.4. The van der Waals surface area contributed by atoms with Gasteiger partial charge < -0.3 is 4.74 Å². The molecule has 1 aromatic heterocycles. The number of carbonyl (C=O) groups is 1. The maximum absolute atomic E-state index is 11.6. The Labute approximate surface area is 93.3 Å². The molecule has 1 N–H and O–H groups in total. The van der Waals surface area contributed by atoms with Crippen LogP contribution < -0.4 is 4.98 Å². The highest BCUT2D eigenvalue weighted by molar-refractivity contribution is 6.00. The first-order chi connectivity index (χ1) is 7.63. The fraction of sp³-hybridized carbons (Fsp3) is 0.250. The lowest BCUT2D eigenvalue weighted by atomic mass is 10.1. The minimum atomic E-state index is -0.355. The minimum absolute atomic E-state index is 0.355. The lowest BCUT2D eigenvalue weighted by Gasteiger charge is -2.01. The summed E-state index contributed by atoms with van der Waals surface area (Å²) in [6.45, 7) is 3.85. The number of H-pyrrole nitrogens is 1. The summed E-state index contributed by atoms with van der Waals surface area (Å²) in [4.78, 5) is 19.1. The summed E-state index contributed by atoms with van der Waals surface area (Å²) in [6, 6.07) is 5.38. The molecular weight excluding hydrogens is 204 g/mol. The fourth-order valence-corrected chi connectivity index (χ4v) is 1.59. The Morgan fingerprint density at radius 3 is 2.81 bits per heavy atom. The largest absolute Gasteiger partial charge is 0.465 e. The van der Waals surface area contributed by atoms with Crippen LogP contribution >= 0.6 is 0 Å². The van der Waals surface area contributed by atoms with Crippen molar-refractivity contribution in [3.63, 3.8) is 0 Å². The smallest absolute Gasteiger partial charge is 0.344 e. The van der Waals surface area contributed by atoms with Crippen LogP contribution in [0.4, 0.5) is 0 Å². The number of esters is 1. The molecule has 1 aromatic carbocycles. The van der Waals surface area contributed by atoms with Gasteiger partial charge in [-0.05, 0) is 19.1 Å². The number of benzene rings is 1. The molecule has 0 fully saturated rings. The predicted octanol–water partition coefficient (Wildman–Crippen LogP) is 1.45. The summed E-state index contributed by atoms with van der Waals surface area (Å²) in [5.74, 6) is -0.355. The zero-order valence-electron chi connectivity index (χ0n) is 9.50. The van der Waals surface area contributed by atoms with E-state index in [-0.39, 0.29) is 5.97 Å². The molecule has 2 rings (SSSR count). The van der Waals surface area contributed by atoms with Gasteiger partial charge in [0.15, 0.2) is 5.69 Å². The number of methoxy groups -OCH3 is 1. The van der Waals surface area contributed by atoms with Crippen molar-refractivity contribution in [2.24, 2.45) is 0 Å². The van der Waals surface area contributed by atoms with Crippen molar-refractivity contribution < 1.29 is 14.5 Å².